The number of aliphatic hydroxyl groups excluding tert-OH is 1. The van der Waals surface area contributed by atoms with E-state index in [2.05, 4.69) is 5.32 Å². The molecule has 6 nitrogen and oxygen atoms in total. The largest absolute Gasteiger partial charge is 0.496 e. The summed E-state index contributed by atoms with van der Waals surface area (Å²) in [5, 5.41) is 22.2. The van der Waals surface area contributed by atoms with E-state index in [1.165, 1.54) is 7.11 Å². The number of aliphatic carboxylic acids is 1. The quantitative estimate of drug-likeness (QED) is 0.673. The van der Waals surface area contributed by atoms with Crippen LogP contribution in [0, 0.1) is 5.92 Å². The minimum atomic E-state index is -1.33. The molecule has 0 heterocycles. The number of hydrogen-bond acceptors (Lipinski definition) is 4. The minimum Gasteiger partial charge on any atom is -0.496 e. The lowest BCUT2D eigenvalue weighted by molar-refractivity contribution is -0.144. The van der Waals surface area contributed by atoms with E-state index in [1.54, 1.807) is 31.2 Å². The van der Waals surface area contributed by atoms with Crippen molar-refractivity contribution in [3.05, 3.63) is 65.7 Å². The Balaban J connectivity index is 2.10. The molecule has 0 saturated carbocycles. The first kappa shape index (κ1) is 19.5. The van der Waals surface area contributed by atoms with Crippen LogP contribution >= 0.6 is 0 Å². The molecule has 2 aromatic rings. The molecule has 0 bridgehead atoms. The molecule has 1 amide bonds. The maximum Gasteiger partial charge on any atom is 0.331 e. The third-order valence-electron chi connectivity index (χ3n) is 4.19. The molecule has 0 aliphatic carbocycles. The highest BCUT2D eigenvalue weighted by molar-refractivity contribution is 5.87. The van der Waals surface area contributed by atoms with Gasteiger partial charge in [0.05, 0.1) is 7.11 Å². The topological polar surface area (TPSA) is 95.9 Å². The molecular formula is C20H23NO5. The molecule has 6 heteroatoms. The van der Waals surface area contributed by atoms with Gasteiger partial charge in [0.2, 0.25) is 5.91 Å². The molecule has 3 N–H and O–H groups in total. The summed E-state index contributed by atoms with van der Waals surface area (Å²) in [6, 6.07) is 14.7. The number of hydrogen-bond donors (Lipinski definition) is 3. The van der Waals surface area contributed by atoms with Crippen molar-refractivity contribution in [1.29, 1.82) is 0 Å². The van der Waals surface area contributed by atoms with E-state index in [1.807, 2.05) is 30.3 Å². The molecule has 0 saturated heterocycles. The number of carboxylic acids is 1. The van der Waals surface area contributed by atoms with Crippen molar-refractivity contribution in [1.82, 2.24) is 5.32 Å². The number of aliphatic hydroxyl groups is 1. The van der Waals surface area contributed by atoms with Crippen molar-refractivity contribution < 1.29 is 24.5 Å². The second kappa shape index (κ2) is 9.01. The van der Waals surface area contributed by atoms with Gasteiger partial charge in [0.15, 0.2) is 6.04 Å². The zero-order chi connectivity index (χ0) is 19.1. The standard InChI is InChI=1S/C20H23NO5/c1-13(12-14-8-4-3-5-9-14)18(22)19(23)21-17(20(24)25)15-10-6-7-11-16(15)26-2/h3-11,13,17-18,22H,12H2,1-2H3,(H,21,23)(H,24,25)/t13-,17+,18+/m1/s1. The Morgan fingerprint density at radius 3 is 2.31 bits per heavy atom. The maximum absolute atomic E-state index is 12.4. The lowest BCUT2D eigenvalue weighted by Crippen LogP contribution is -2.43. The molecule has 2 aromatic carbocycles. The Morgan fingerprint density at radius 1 is 1.08 bits per heavy atom. The normalized spacial score (nSPS) is 14.1. The van der Waals surface area contributed by atoms with Gasteiger partial charge in [0, 0.05) is 5.56 Å². The lowest BCUT2D eigenvalue weighted by atomic mass is 9.95. The number of carbonyl (C=O) groups is 2. The van der Waals surface area contributed by atoms with Gasteiger partial charge in [-0.2, -0.15) is 0 Å². The molecule has 3 atom stereocenters. The van der Waals surface area contributed by atoms with Gasteiger partial charge in [0.25, 0.3) is 0 Å². The Labute approximate surface area is 152 Å². The molecule has 0 aromatic heterocycles. The van der Waals surface area contributed by atoms with Crippen LogP contribution in [0.1, 0.15) is 24.1 Å². The molecule has 138 valence electrons. The number of para-hydroxylation sites is 1. The van der Waals surface area contributed by atoms with Crippen LogP contribution in [0.15, 0.2) is 54.6 Å². The molecule has 2 rings (SSSR count). The number of methoxy groups -OCH3 is 1. The average Bonchev–Trinajstić information content (AvgIpc) is 2.65. The first-order chi connectivity index (χ1) is 12.4. The molecule has 0 aliphatic heterocycles. The fourth-order valence-electron chi connectivity index (χ4n) is 2.76. The Morgan fingerprint density at radius 2 is 1.69 bits per heavy atom. The van der Waals surface area contributed by atoms with Crippen LogP contribution in [0.25, 0.3) is 0 Å². The molecule has 26 heavy (non-hydrogen) atoms. The zero-order valence-corrected chi connectivity index (χ0v) is 14.8. The van der Waals surface area contributed by atoms with E-state index in [0.29, 0.717) is 17.7 Å². The van der Waals surface area contributed by atoms with Crippen molar-refractivity contribution >= 4 is 11.9 Å². The summed E-state index contributed by atoms with van der Waals surface area (Å²) in [7, 11) is 1.43. The summed E-state index contributed by atoms with van der Waals surface area (Å²) in [5.41, 5.74) is 1.31. The van der Waals surface area contributed by atoms with Gasteiger partial charge < -0.3 is 20.3 Å². The summed E-state index contributed by atoms with van der Waals surface area (Å²) in [5.74, 6) is -1.98. The van der Waals surface area contributed by atoms with Crippen molar-refractivity contribution in [2.45, 2.75) is 25.5 Å². The SMILES string of the molecule is COc1ccccc1[C@H](NC(=O)[C@@H](O)[C@H](C)Cc1ccccc1)C(=O)O. The Bertz CT molecular complexity index is 747. The van der Waals surface area contributed by atoms with Crippen LogP contribution in [0.4, 0.5) is 0 Å². The molecule has 0 aliphatic rings. The van der Waals surface area contributed by atoms with Gasteiger partial charge in [-0.1, -0.05) is 55.5 Å². The van der Waals surface area contributed by atoms with Gasteiger partial charge in [-0.3, -0.25) is 4.79 Å². The summed E-state index contributed by atoms with van der Waals surface area (Å²) in [6.07, 6.45) is -0.825. The second-order valence-corrected chi connectivity index (χ2v) is 6.13. The Hall–Kier alpha value is -2.86. The van der Waals surface area contributed by atoms with Gasteiger partial charge in [-0.15, -0.1) is 0 Å². The first-order valence-corrected chi connectivity index (χ1v) is 8.32. The number of carbonyl (C=O) groups excluding carboxylic acids is 1. The van der Waals surface area contributed by atoms with Crippen molar-refractivity contribution in [3.8, 4) is 5.75 Å². The van der Waals surface area contributed by atoms with Crippen molar-refractivity contribution in [2.24, 2.45) is 5.92 Å². The van der Waals surface area contributed by atoms with Gasteiger partial charge in [-0.25, -0.2) is 4.79 Å². The van der Waals surface area contributed by atoms with E-state index < -0.39 is 24.0 Å². The van der Waals surface area contributed by atoms with Gasteiger partial charge in [0.1, 0.15) is 11.9 Å². The van der Waals surface area contributed by atoms with E-state index in [9.17, 15) is 19.8 Å². The van der Waals surface area contributed by atoms with E-state index in [0.717, 1.165) is 5.56 Å². The van der Waals surface area contributed by atoms with Crippen molar-refractivity contribution in [2.75, 3.05) is 7.11 Å². The fraction of sp³-hybridized carbons (Fsp3) is 0.300. The number of carboxylic acid groups (broad SMARTS) is 1. The highest BCUT2D eigenvalue weighted by Gasteiger charge is 2.30. The van der Waals surface area contributed by atoms with E-state index >= 15 is 0 Å². The molecule has 0 unspecified atom stereocenters. The second-order valence-electron chi connectivity index (χ2n) is 6.13. The van der Waals surface area contributed by atoms with E-state index in [-0.39, 0.29) is 5.92 Å². The third kappa shape index (κ3) is 4.83. The van der Waals surface area contributed by atoms with Crippen LogP contribution in [-0.2, 0) is 16.0 Å². The smallest absolute Gasteiger partial charge is 0.331 e. The van der Waals surface area contributed by atoms with Crippen LogP contribution in [0.2, 0.25) is 0 Å². The van der Waals surface area contributed by atoms with Crippen LogP contribution in [0.3, 0.4) is 0 Å². The molecule has 0 fully saturated rings. The monoisotopic (exact) mass is 357 g/mol. The predicted octanol–water partition coefficient (Wildman–Crippen LogP) is 2.18. The first-order valence-electron chi connectivity index (χ1n) is 8.32. The van der Waals surface area contributed by atoms with E-state index in [4.69, 9.17) is 4.74 Å². The number of ether oxygens (including phenoxy) is 1. The van der Waals surface area contributed by atoms with Crippen molar-refractivity contribution in [3.63, 3.8) is 0 Å². The summed E-state index contributed by atoms with van der Waals surface area (Å²) in [4.78, 5) is 24.0. The summed E-state index contributed by atoms with van der Waals surface area (Å²) < 4.78 is 5.17. The number of nitrogens with one attached hydrogen (secondary N) is 1. The highest BCUT2D eigenvalue weighted by atomic mass is 16.5. The molecule has 0 radical (unpaired) electrons. The molecule has 0 spiro atoms. The van der Waals surface area contributed by atoms with Crippen LogP contribution in [0.5, 0.6) is 5.75 Å². The minimum absolute atomic E-state index is 0.318. The average molecular weight is 357 g/mol. The van der Waals surface area contributed by atoms with Crippen LogP contribution < -0.4 is 10.1 Å². The lowest BCUT2D eigenvalue weighted by Gasteiger charge is -2.22. The maximum atomic E-state index is 12.4. The highest BCUT2D eigenvalue weighted by Crippen LogP contribution is 2.25. The fourth-order valence-corrected chi connectivity index (χ4v) is 2.76. The number of rotatable bonds is 8. The zero-order valence-electron chi connectivity index (χ0n) is 14.8. The Kier molecular flexibility index (Phi) is 6.74. The number of amides is 1. The van der Waals surface area contributed by atoms with Gasteiger partial charge >= 0.3 is 5.97 Å². The molecular weight excluding hydrogens is 334 g/mol. The number of benzene rings is 2. The van der Waals surface area contributed by atoms with Crippen LogP contribution in [-0.4, -0.2) is 35.3 Å². The summed E-state index contributed by atoms with van der Waals surface area (Å²) in [6.45, 7) is 1.75. The van der Waals surface area contributed by atoms with Gasteiger partial charge in [-0.05, 0) is 24.0 Å². The predicted molar refractivity (Wildman–Crippen MR) is 96.8 cm³/mol. The third-order valence-corrected chi connectivity index (χ3v) is 4.19. The summed E-state index contributed by atoms with van der Waals surface area (Å²) >= 11 is 0.